The first-order valence-corrected chi connectivity index (χ1v) is 8.35. The summed E-state index contributed by atoms with van der Waals surface area (Å²) in [7, 11) is 1.55. The average molecular weight is 379 g/mol. The van der Waals surface area contributed by atoms with E-state index in [1.54, 1.807) is 67.8 Å². The molecule has 0 spiro atoms. The summed E-state index contributed by atoms with van der Waals surface area (Å²) in [5, 5.41) is 2.63. The lowest BCUT2D eigenvalue weighted by Gasteiger charge is -2.07. The molecule has 7 nitrogen and oxygen atoms in total. The molecule has 7 heteroatoms. The number of anilines is 1. The van der Waals surface area contributed by atoms with E-state index in [1.165, 1.54) is 0 Å². The Morgan fingerprint density at radius 2 is 1.71 bits per heavy atom. The fraction of sp³-hybridized carbons (Fsp3) is 0.0952. The zero-order valence-corrected chi connectivity index (χ0v) is 15.0. The van der Waals surface area contributed by atoms with Gasteiger partial charge in [0.1, 0.15) is 11.5 Å². The third-order valence-corrected chi connectivity index (χ3v) is 3.86. The molecule has 0 aliphatic carbocycles. The molecule has 3 aromatic rings. The lowest BCUT2D eigenvalue weighted by atomic mass is 10.1. The minimum Gasteiger partial charge on any atom is -0.497 e. The predicted octanol–water partition coefficient (Wildman–Crippen LogP) is 3.56. The Kier molecular flexibility index (Phi) is 5.86. The first-order chi connectivity index (χ1) is 13.6. The smallest absolute Gasteiger partial charge is 0.338 e. The lowest BCUT2D eigenvalue weighted by Crippen LogP contribution is -2.20. The fourth-order valence-corrected chi connectivity index (χ4v) is 2.43. The highest BCUT2D eigenvalue weighted by Gasteiger charge is 2.12. The van der Waals surface area contributed by atoms with Crippen LogP contribution in [0.4, 0.5) is 5.69 Å². The zero-order chi connectivity index (χ0) is 19.9. The number of hydrogen-bond donors (Lipinski definition) is 1. The van der Waals surface area contributed by atoms with Gasteiger partial charge < -0.3 is 19.2 Å². The topological polar surface area (TPSA) is 94.8 Å². The number of carbonyl (C=O) groups excluding carboxylic acids is 3. The molecule has 1 aromatic heterocycles. The van der Waals surface area contributed by atoms with Crippen LogP contribution in [0.25, 0.3) is 11.3 Å². The monoisotopic (exact) mass is 379 g/mol. The summed E-state index contributed by atoms with van der Waals surface area (Å²) in [5.41, 5.74) is 1.57. The van der Waals surface area contributed by atoms with Crippen LogP contribution in [0.5, 0.6) is 5.75 Å². The van der Waals surface area contributed by atoms with Crippen molar-refractivity contribution in [2.75, 3.05) is 19.0 Å². The number of carbonyl (C=O) groups is 3. The summed E-state index contributed by atoms with van der Waals surface area (Å²) in [4.78, 5) is 34.7. The number of esters is 1. The molecule has 3 rings (SSSR count). The molecule has 1 amide bonds. The fourth-order valence-electron chi connectivity index (χ4n) is 2.43. The standard InChI is InChI=1S/C21H17NO6/c1-26-17-8-6-16(7-9-17)22-20(24)13-27-21(25)15-4-2-14(3-5-15)19-11-10-18(12-23)28-19/h2-12H,13H2,1H3,(H,22,24). The maximum Gasteiger partial charge on any atom is 0.338 e. The van der Waals surface area contributed by atoms with E-state index < -0.39 is 18.5 Å². The highest BCUT2D eigenvalue weighted by molar-refractivity contribution is 5.95. The number of nitrogens with one attached hydrogen (secondary N) is 1. The molecule has 0 fully saturated rings. The average Bonchev–Trinajstić information content (AvgIpc) is 3.22. The summed E-state index contributed by atoms with van der Waals surface area (Å²) < 4.78 is 15.4. The molecule has 0 saturated carbocycles. The number of amides is 1. The Hall–Kier alpha value is -3.87. The van der Waals surface area contributed by atoms with Crippen molar-refractivity contribution in [3.05, 3.63) is 72.0 Å². The van der Waals surface area contributed by atoms with Crippen molar-refractivity contribution in [3.8, 4) is 17.1 Å². The van der Waals surface area contributed by atoms with Crippen LogP contribution < -0.4 is 10.1 Å². The molecule has 0 atom stereocenters. The van der Waals surface area contributed by atoms with Gasteiger partial charge in [0.25, 0.3) is 5.91 Å². The molecule has 0 radical (unpaired) electrons. The first kappa shape index (κ1) is 18.9. The Balaban J connectivity index is 1.53. The Labute approximate surface area is 160 Å². The molecule has 0 aliphatic rings. The zero-order valence-electron chi connectivity index (χ0n) is 15.0. The van der Waals surface area contributed by atoms with Gasteiger partial charge in [0, 0.05) is 11.3 Å². The van der Waals surface area contributed by atoms with Gasteiger partial charge in [-0.1, -0.05) is 12.1 Å². The van der Waals surface area contributed by atoms with Crippen molar-refractivity contribution >= 4 is 23.9 Å². The van der Waals surface area contributed by atoms with E-state index in [1.807, 2.05) is 0 Å². The van der Waals surface area contributed by atoms with E-state index in [2.05, 4.69) is 5.32 Å². The van der Waals surface area contributed by atoms with Crippen LogP contribution in [0.2, 0.25) is 0 Å². The van der Waals surface area contributed by atoms with Gasteiger partial charge in [0.2, 0.25) is 0 Å². The SMILES string of the molecule is COc1ccc(NC(=O)COC(=O)c2ccc(-c3ccc(C=O)o3)cc2)cc1. The number of methoxy groups -OCH3 is 1. The van der Waals surface area contributed by atoms with Gasteiger partial charge in [-0.25, -0.2) is 4.79 Å². The van der Waals surface area contributed by atoms with Crippen molar-refractivity contribution in [2.45, 2.75) is 0 Å². The lowest BCUT2D eigenvalue weighted by molar-refractivity contribution is -0.119. The number of furan rings is 1. The molecular weight excluding hydrogens is 362 g/mol. The van der Waals surface area contributed by atoms with Gasteiger partial charge in [-0.2, -0.15) is 0 Å². The number of rotatable bonds is 7. The van der Waals surface area contributed by atoms with Gasteiger partial charge in [-0.15, -0.1) is 0 Å². The van der Waals surface area contributed by atoms with E-state index in [-0.39, 0.29) is 5.76 Å². The van der Waals surface area contributed by atoms with Crippen LogP contribution in [-0.4, -0.2) is 31.9 Å². The van der Waals surface area contributed by atoms with Gasteiger partial charge in [-0.05, 0) is 48.5 Å². The minimum atomic E-state index is -0.621. The Morgan fingerprint density at radius 1 is 1.00 bits per heavy atom. The highest BCUT2D eigenvalue weighted by atomic mass is 16.5. The van der Waals surface area contributed by atoms with Crippen molar-refractivity contribution < 1.29 is 28.3 Å². The molecule has 142 valence electrons. The summed E-state index contributed by atoms with van der Waals surface area (Å²) in [6.45, 7) is -0.409. The second-order valence-electron chi connectivity index (χ2n) is 5.75. The third-order valence-electron chi connectivity index (χ3n) is 3.86. The molecular formula is C21H17NO6. The third kappa shape index (κ3) is 4.64. The largest absolute Gasteiger partial charge is 0.497 e. The van der Waals surface area contributed by atoms with E-state index in [9.17, 15) is 14.4 Å². The molecule has 2 aromatic carbocycles. The number of hydrogen-bond acceptors (Lipinski definition) is 6. The molecule has 0 saturated heterocycles. The van der Waals surface area contributed by atoms with Crippen molar-refractivity contribution in [1.82, 2.24) is 0 Å². The second kappa shape index (κ2) is 8.68. The van der Waals surface area contributed by atoms with Gasteiger partial charge in [0.15, 0.2) is 18.7 Å². The van der Waals surface area contributed by atoms with E-state index in [0.29, 0.717) is 34.6 Å². The van der Waals surface area contributed by atoms with E-state index in [4.69, 9.17) is 13.9 Å². The van der Waals surface area contributed by atoms with E-state index >= 15 is 0 Å². The van der Waals surface area contributed by atoms with Gasteiger partial charge in [0.05, 0.1) is 12.7 Å². The summed E-state index contributed by atoms with van der Waals surface area (Å²) in [5.74, 6) is 0.337. The van der Waals surface area contributed by atoms with E-state index in [0.717, 1.165) is 0 Å². The van der Waals surface area contributed by atoms with Crippen molar-refractivity contribution in [1.29, 1.82) is 0 Å². The van der Waals surface area contributed by atoms with Crippen LogP contribution >= 0.6 is 0 Å². The maximum absolute atomic E-state index is 12.1. The molecule has 28 heavy (non-hydrogen) atoms. The molecule has 1 N–H and O–H groups in total. The van der Waals surface area contributed by atoms with Gasteiger partial charge in [-0.3, -0.25) is 9.59 Å². The van der Waals surface area contributed by atoms with Gasteiger partial charge >= 0.3 is 5.97 Å². The molecule has 0 bridgehead atoms. The van der Waals surface area contributed by atoms with Crippen LogP contribution in [-0.2, 0) is 9.53 Å². The minimum absolute atomic E-state index is 0.223. The first-order valence-electron chi connectivity index (χ1n) is 8.35. The van der Waals surface area contributed by atoms with Crippen LogP contribution in [0.1, 0.15) is 20.9 Å². The second-order valence-corrected chi connectivity index (χ2v) is 5.75. The number of benzene rings is 2. The molecule has 0 aliphatic heterocycles. The maximum atomic E-state index is 12.1. The van der Waals surface area contributed by atoms with Crippen molar-refractivity contribution in [2.24, 2.45) is 0 Å². The summed E-state index contributed by atoms with van der Waals surface area (Å²) in [6.07, 6.45) is 0.617. The number of ether oxygens (including phenoxy) is 2. The highest BCUT2D eigenvalue weighted by Crippen LogP contribution is 2.22. The van der Waals surface area contributed by atoms with Crippen LogP contribution in [0.3, 0.4) is 0 Å². The summed E-state index contributed by atoms with van der Waals surface area (Å²) >= 11 is 0. The predicted molar refractivity (Wildman–Crippen MR) is 101 cm³/mol. The quantitative estimate of drug-likeness (QED) is 0.498. The normalized spacial score (nSPS) is 10.2. The Morgan fingerprint density at radius 3 is 2.32 bits per heavy atom. The Bertz CT molecular complexity index is 973. The summed E-state index contributed by atoms with van der Waals surface area (Å²) in [6, 6.07) is 16.5. The molecule has 1 heterocycles. The van der Waals surface area contributed by atoms with Crippen LogP contribution in [0, 0.1) is 0 Å². The number of aldehydes is 1. The van der Waals surface area contributed by atoms with Crippen molar-refractivity contribution in [3.63, 3.8) is 0 Å². The van der Waals surface area contributed by atoms with Crippen LogP contribution in [0.15, 0.2) is 65.1 Å². The molecule has 0 unspecified atom stereocenters.